The molecule has 0 aliphatic rings. The number of hydrogen-bond acceptors (Lipinski definition) is 2. The highest BCUT2D eigenvalue weighted by Gasteiger charge is 2.09. The third-order valence-electron chi connectivity index (χ3n) is 1.65. The predicted molar refractivity (Wildman–Crippen MR) is 49.9 cm³/mol. The van der Waals surface area contributed by atoms with Crippen LogP contribution in [0.25, 0.3) is 0 Å². The van der Waals surface area contributed by atoms with Gasteiger partial charge in [0.2, 0.25) is 0 Å². The van der Waals surface area contributed by atoms with Gasteiger partial charge in [0.05, 0.1) is 5.69 Å². The van der Waals surface area contributed by atoms with Crippen LogP contribution in [0.1, 0.15) is 5.56 Å². The van der Waals surface area contributed by atoms with Gasteiger partial charge in [0.25, 0.3) is 0 Å². The third-order valence-corrected chi connectivity index (χ3v) is 1.65. The number of benzene rings is 1. The average Bonchev–Trinajstić information content (AvgIpc) is 2.15. The lowest BCUT2D eigenvalue weighted by Crippen LogP contribution is -2.35. The average molecular weight is 180 g/mol. The highest BCUT2D eigenvalue weighted by Crippen LogP contribution is 2.13. The maximum absolute atomic E-state index is 11.0. The lowest BCUT2D eigenvalue weighted by atomic mass is 10.2. The lowest BCUT2D eigenvalue weighted by Gasteiger charge is -2.14. The number of carbonyl (C=O) groups excluding carboxylic acids is 1. The summed E-state index contributed by atoms with van der Waals surface area (Å²) in [5.41, 5.74) is 1.44. The summed E-state index contributed by atoms with van der Waals surface area (Å²) in [7, 11) is 1.46. The van der Waals surface area contributed by atoms with Crippen molar-refractivity contribution in [3.8, 4) is 0 Å². The number of nitrogens with one attached hydrogen (secondary N) is 1. The van der Waals surface area contributed by atoms with E-state index in [0.717, 1.165) is 5.56 Å². The molecule has 70 valence electrons. The molecular weight excluding hydrogens is 168 g/mol. The Morgan fingerprint density at radius 1 is 1.54 bits per heavy atom. The second kappa shape index (κ2) is 3.91. The van der Waals surface area contributed by atoms with Crippen molar-refractivity contribution >= 4 is 11.7 Å². The van der Waals surface area contributed by atoms with Crippen LogP contribution < -0.4 is 10.4 Å². The van der Waals surface area contributed by atoms with Crippen molar-refractivity contribution in [3.05, 3.63) is 29.8 Å². The van der Waals surface area contributed by atoms with Crippen molar-refractivity contribution in [2.24, 2.45) is 0 Å². The quantitative estimate of drug-likeness (QED) is 0.508. The fraction of sp³-hybridized carbons (Fsp3) is 0.222. The van der Waals surface area contributed by atoms with Gasteiger partial charge in [0.15, 0.2) is 0 Å². The first kappa shape index (κ1) is 9.54. The fourth-order valence-corrected chi connectivity index (χ4v) is 0.983. The molecule has 0 atom stereocenters. The minimum absolute atomic E-state index is 0.458. The third kappa shape index (κ3) is 2.19. The van der Waals surface area contributed by atoms with Crippen molar-refractivity contribution in [1.82, 2.24) is 5.32 Å². The first-order valence-electron chi connectivity index (χ1n) is 3.92. The zero-order chi connectivity index (χ0) is 9.84. The van der Waals surface area contributed by atoms with Crippen LogP contribution in [0.3, 0.4) is 0 Å². The molecule has 0 fully saturated rings. The van der Waals surface area contributed by atoms with Gasteiger partial charge in [0, 0.05) is 7.05 Å². The van der Waals surface area contributed by atoms with Gasteiger partial charge >= 0.3 is 6.03 Å². The zero-order valence-corrected chi connectivity index (χ0v) is 7.61. The molecule has 0 unspecified atom stereocenters. The number of urea groups is 1. The standard InChI is InChI=1S/C9H12N2O2/c1-7-4-3-5-8(6-7)11(13)9(12)10-2/h3-6,13H,1-2H3,(H,10,12). The van der Waals surface area contributed by atoms with Crippen molar-refractivity contribution in [3.63, 3.8) is 0 Å². The molecule has 0 saturated carbocycles. The topological polar surface area (TPSA) is 52.6 Å². The second-order valence-corrected chi connectivity index (χ2v) is 2.71. The summed E-state index contributed by atoms with van der Waals surface area (Å²) in [6.07, 6.45) is 0. The summed E-state index contributed by atoms with van der Waals surface area (Å²) in [6, 6.07) is 6.49. The molecule has 0 spiro atoms. The van der Waals surface area contributed by atoms with Gasteiger partial charge in [-0.05, 0) is 24.6 Å². The molecule has 13 heavy (non-hydrogen) atoms. The van der Waals surface area contributed by atoms with E-state index >= 15 is 0 Å². The van der Waals surface area contributed by atoms with E-state index in [1.807, 2.05) is 13.0 Å². The smallest absolute Gasteiger partial charge is 0.339 e. The lowest BCUT2D eigenvalue weighted by molar-refractivity contribution is 0.206. The van der Waals surface area contributed by atoms with E-state index in [4.69, 9.17) is 0 Å². The molecule has 1 rings (SSSR count). The predicted octanol–water partition coefficient (Wildman–Crippen LogP) is 1.53. The van der Waals surface area contributed by atoms with Crippen LogP contribution in [0.4, 0.5) is 10.5 Å². The van der Waals surface area contributed by atoms with Crippen LogP contribution in [-0.2, 0) is 0 Å². The van der Waals surface area contributed by atoms with E-state index in [1.165, 1.54) is 7.05 Å². The van der Waals surface area contributed by atoms with Crippen LogP contribution in [0, 0.1) is 6.92 Å². The summed E-state index contributed by atoms with van der Waals surface area (Å²) in [4.78, 5) is 11.0. The van der Waals surface area contributed by atoms with Crippen LogP contribution in [0.15, 0.2) is 24.3 Å². The number of nitrogens with zero attached hydrogens (tertiary/aromatic N) is 1. The summed E-state index contributed by atoms with van der Waals surface area (Å²) in [5.74, 6) is 0. The first-order chi connectivity index (χ1) is 6.15. The Labute approximate surface area is 76.7 Å². The molecule has 0 aliphatic carbocycles. The Morgan fingerprint density at radius 2 is 2.23 bits per heavy atom. The number of amides is 2. The van der Waals surface area contributed by atoms with Gasteiger partial charge in [-0.1, -0.05) is 12.1 Å². The van der Waals surface area contributed by atoms with Crippen LogP contribution in [0.2, 0.25) is 0 Å². The maximum Gasteiger partial charge on any atom is 0.345 e. The Bertz CT molecular complexity index is 312. The molecule has 0 aliphatic heterocycles. The van der Waals surface area contributed by atoms with E-state index < -0.39 is 6.03 Å². The minimum atomic E-state index is -0.550. The minimum Gasteiger partial charge on any atom is -0.339 e. The summed E-state index contributed by atoms with van der Waals surface area (Å²) in [6.45, 7) is 1.89. The highest BCUT2D eigenvalue weighted by atomic mass is 16.5. The Kier molecular flexibility index (Phi) is 2.87. The van der Waals surface area contributed by atoms with E-state index in [1.54, 1.807) is 18.2 Å². The monoisotopic (exact) mass is 180 g/mol. The van der Waals surface area contributed by atoms with Gasteiger partial charge in [-0.25, -0.2) is 4.79 Å². The number of hydroxylamine groups is 1. The Hall–Kier alpha value is -1.55. The Balaban J connectivity index is 2.88. The largest absolute Gasteiger partial charge is 0.345 e. The van der Waals surface area contributed by atoms with E-state index in [2.05, 4.69) is 5.32 Å². The molecule has 4 heteroatoms. The number of aryl methyl sites for hydroxylation is 1. The van der Waals surface area contributed by atoms with Crippen LogP contribution in [-0.4, -0.2) is 18.3 Å². The normalized spacial score (nSPS) is 9.46. The number of carbonyl (C=O) groups is 1. The molecule has 0 aromatic heterocycles. The van der Waals surface area contributed by atoms with E-state index in [9.17, 15) is 10.0 Å². The number of hydrogen-bond donors (Lipinski definition) is 2. The van der Waals surface area contributed by atoms with Gasteiger partial charge in [-0.2, -0.15) is 5.06 Å². The van der Waals surface area contributed by atoms with Gasteiger partial charge in [-0.15, -0.1) is 0 Å². The second-order valence-electron chi connectivity index (χ2n) is 2.71. The zero-order valence-electron chi connectivity index (χ0n) is 7.61. The Morgan fingerprint density at radius 3 is 2.77 bits per heavy atom. The molecule has 0 saturated heterocycles. The molecular formula is C9H12N2O2. The van der Waals surface area contributed by atoms with E-state index in [0.29, 0.717) is 10.8 Å². The molecule has 4 nitrogen and oxygen atoms in total. The number of rotatable bonds is 1. The van der Waals surface area contributed by atoms with Gasteiger partial charge in [0.1, 0.15) is 0 Å². The molecule has 0 radical (unpaired) electrons. The summed E-state index contributed by atoms with van der Waals surface area (Å²) in [5, 5.41) is 12.2. The maximum atomic E-state index is 11.0. The van der Waals surface area contributed by atoms with Gasteiger partial charge in [-0.3, -0.25) is 5.21 Å². The molecule has 2 N–H and O–H groups in total. The van der Waals surface area contributed by atoms with Crippen molar-refractivity contribution in [2.75, 3.05) is 12.1 Å². The van der Waals surface area contributed by atoms with E-state index in [-0.39, 0.29) is 0 Å². The first-order valence-corrected chi connectivity index (χ1v) is 3.92. The van der Waals surface area contributed by atoms with Crippen molar-refractivity contribution in [1.29, 1.82) is 0 Å². The molecule has 2 amide bonds. The summed E-state index contributed by atoms with van der Waals surface area (Å²) >= 11 is 0. The molecule has 1 aromatic rings. The highest BCUT2D eigenvalue weighted by molar-refractivity contribution is 5.89. The van der Waals surface area contributed by atoms with Crippen molar-refractivity contribution < 1.29 is 10.0 Å². The summed E-state index contributed by atoms with van der Waals surface area (Å²) < 4.78 is 0. The SMILES string of the molecule is CNC(=O)N(O)c1cccc(C)c1. The van der Waals surface area contributed by atoms with Crippen molar-refractivity contribution in [2.45, 2.75) is 6.92 Å². The van der Waals surface area contributed by atoms with Gasteiger partial charge < -0.3 is 5.32 Å². The molecule has 0 bridgehead atoms. The number of anilines is 1. The molecule has 0 heterocycles. The fourth-order valence-electron chi connectivity index (χ4n) is 0.983. The van der Waals surface area contributed by atoms with Crippen LogP contribution in [0.5, 0.6) is 0 Å². The molecule has 1 aromatic carbocycles. The van der Waals surface area contributed by atoms with Crippen LogP contribution >= 0.6 is 0 Å².